The smallest absolute Gasteiger partial charge is 0.139 e. The molecule has 5 rings (SSSR count). The molecule has 0 unspecified atom stereocenters. The first kappa shape index (κ1) is 17.5. The minimum absolute atomic E-state index is 0.655. The Morgan fingerprint density at radius 1 is 0.786 bits per heavy atom. The van der Waals surface area contributed by atoms with Gasteiger partial charge in [-0.3, -0.25) is 4.57 Å². The van der Waals surface area contributed by atoms with E-state index in [1.165, 1.54) is 5.39 Å². The summed E-state index contributed by atoms with van der Waals surface area (Å²) in [4.78, 5) is 4.54. The van der Waals surface area contributed by atoms with E-state index >= 15 is 0 Å². The number of ether oxygens (including phenoxy) is 1. The highest BCUT2D eigenvalue weighted by atomic mass is 127. The molecule has 0 aliphatic carbocycles. The number of aromatic nitrogens is 2. The van der Waals surface area contributed by atoms with E-state index in [4.69, 9.17) is 16.3 Å². The highest BCUT2D eigenvalue weighted by Crippen LogP contribution is 2.35. The van der Waals surface area contributed by atoms with Crippen LogP contribution in [0.5, 0.6) is 11.5 Å². The van der Waals surface area contributed by atoms with Crippen molar-refractivity contribution in [1.82, 2.24) is 9.55 Å². The lowest BCUT2D eigenvalue weighted by Crippen LogP contribution is -1.97. The van der Waals surface area contributed by atoms with Gasteiger partial charge in [0.15, 0.2) is 0 Å². The molecule has 0 radical (unpaired) electrons. The summed E-state index contributed by atoms with van der Waals surface area (Å²) in [7, 11) is 0. The highest BCUT2D eigenvalue weighted by Gasteiger charge is 2.14. The van der Waals surface area contributed by atoms with Crippen LogP contribution in [-0.2, 0) is 0 Å². The average molecular weight is 497 g/mol. The molecule has 136 valence electrons. The first-order valence-electron chi connectivity index (χ1n) is 8.77. The van der Waals surface area contributed by atoms with Gasteiger partial charge in [0.05, 0.1) is 11.0 Å². The topological polar surface area (TPSA) is 27.1 Å². The summed E-state index contributed by atoms with van der Waals surface area (Å²) in [5.74, 6) is 2.38. The zero-order chi connectivity index (χ0) is 19.1. The second-order valence-electron chi connectivity index (χ2n) is 6.42. The summed E-state index contributed by atoms with van der Waals surface area (Å²) in [5, 5.41) is 2.97. The van der Waals surface area contributed by atoms with E-state index < -0.39 is 0 Å². The Hall–Kier alpha value is -2.57. The van der Waals surface area contributed by atoms with Gasteiger partial charge in [0.25, 0.3) is 0 Å². The first-order chi connectivity index (χ1) is 13.7. The quantitative estimate of drug-likeness (QED) is 0.246. The Bertz CT molecular complexity index is 1330. The fourth-order valence-corrected chi connectivity index (χ4v) is 4.11. The molecule has 28 heavy (non-hydrogen) atoms. The van der Waals surface area contributed by atoms with E-state index in [-0.39, 0.29) is 0 Å². The maximum Gasteiger partial charge on any atom is 0.139 e. The van der Waals surface area contributed by atoms with Crippen LogP contribution in [-0.4, -0.2) is 9.55 Å². The van der Waals surface area contributed by atoms with Crippen molar-refractivity contribution in [3.8, 4) is 17.3 Å². The second kappa shape index (κ2) is 7.11. The van der Waals surface area contributed by atoms with Crippen LogP contribution in [0.3, 0.4) is 0 Å². The van der Waals surface area contributed by atoms with Crippen LogP contribution >= 0.6 is 34.2 Å². The van der Waals surface area contributed by atoms with E-state index in [0.29, 0.717) is 5.02 Å². The molecule has 0 amide bonds. The number of benzene rings is 3. The predicted molar refractivity (Wildman–Crippen MR) is 123 cm³/mol. The van der Waals surface area contributed by atoms with Crippen LogP contribution in [0.4, 0.5) is 0 Å². The maximum absolute atomic E-state index is 6.24. The number of hydrogen-bond donors (Lipinski definition) is 0. The number of pyridine rings is 1. The van der Waals surface area contributed by atoms with Crippen LogP contribution in [0.1, 0.15) is 0 Å². The molecule has 0 saturated heterocycles. The van der Waals surface area contributed by atoms with E-state index in [2.05, 4.69) is 56.4 Å². The third kappa shape index (κ3) is 3.12. The Balaban J connectivity index is 1.73. The fraction of sp³-hybridized carbons (Fsp3) is 0. The molecule has 5 aromatic rings. The lowest BCUT2D eigenvalue weighted by molar-refractivity contribution is 0.483. The van der Waals surface area contributed by atoms with Crippen molar-refractivity contribution in [2.75, 3.05) is 0 Å². The number of nitrogens with zero attached hydrogens (tertiary/aromatic N) is 2. The van der Waals surface area contributed by atoms with E-state index in [9.17, 15) is 0 Å². The fourth-order valence-electron chi connectivity index (χ4n) is 3.44. The molecule has 0 atom stereocenters. The molecular weight excluding hydrogens is 483 g/mol. The lowest BCUT2D eigenvalue weighted by Gasteiger charge is -2.09. The third-order valence-corrected chi connectivity index (χ3v) is 5.52. The molecule has 0 fully saturated rings. The molecular formula is C23H14ClIN2O. The monoisotopic (exact) mass is 496 g/mol. The van der Waals surface area contributed by atoms with Gasteiger partial charge in [-0.15, -0.1) is 0 Å². The molecule has 0 spiro atoms. The van der Waals surface area contributed by atoms with Crippen LogP contribution in [0.15, 0.2) is 85.1 Å². The molecule has 2 heterocycles. The number of halogens is 2. The molecule has 0 saturated carbocycles. The van der Waals surface area contributed by atoms with Crippen molar-refractivity contribution < 1.29 is 4.74 Å². The Morgan fingerprint density at radius 2 is 1.61 bits per heavy atom. The third-order valence-electron chi connectivity index (χ3n) is 4.61. The Kier molecular flexibility index (Phi) is 4.45. The number of para-hydroxylation sites is 1. The van der Waals surface area contributed by atoms with Crippen molar-refractivity contribution in [2.45, 2.75) is 0 Å². The second-order valence-corrected chi connectivity index (χ2v) is 8.11. The van der Waals surface area contributed by atoms with Gasteiger partial charge in [-0.2, -0.15) is 0 Å². The number of hydrogen-bond acceptors (Lipinski definition) is 2. The number of rotatable bonds is 3. The van der Waals surface area contributed by atoms with E-state index in [0.717, 1.165) is 37.3 Å². The van der Waals surface area contributed by atoms with Gasteiger partial charge < -0.3 is 4.74 Å². The lowest BCUT2D eigenvalue weighted by atomic mass is 10.1. The Labute approximate surface area is 180 Å². The molecule has 3 nitrogen and oxygen atoms in total. The van der Waals surface area contributed by atoms with Gasteiger partial charge in [-0.25, -0.2) is 4.98 Å². The molecule has 5 heteroatoms. The molecule has 0 N–H and O–H groups in total. The van der Waals surface area contributed by atoms with Gasteiger partial charge in [-0.05, 0) is 65.1 Å². The van der Waals surface area contributed by atoms with Crippen LogP contribution in [0.2, 0.25) is 5.02 Å². The van der Waals surface area contributed by atoms with E-state index in [1.807, 2.05) is 48.5 Å². The first-order valence-corrected chi connectivity index (χ1v) is 10.2. The molecule has 0 aliphatic rings. The zero-order valence-corrected chi connectivity index (χ0v) is 17.6. The summed E-state index contributed by atoms with van der Waals surface area (Å²) in [6.07, 6.45) is 1.73. The van der Waals surface area contributed by atoms with E-state index in [1.54, 1.807) is 12.3 Å². The summed E-state index contributed by atoms with van der Waals surface area (Å²) >= 11 is 8.52. The normalized spacial score (nSPS) is 11.2. The SMILES string of the molecule is Clc1ccnc(-n2c3ccccc3c3ccc(Oc4cccc(I)c4)cc32)c1. The zero-order valence-electron chi connectivity index (χ0n) is 14.6. The Morgan fingerprint density at radius 3 is 2.46 bits per heavy atom. The average Bonchev–Trinajstić information content (AvgIpc) is 3.02. The van der Waals surface area contributed by atoms with Crippen LogP contribution < -0.4 is 4.74 Å². The van der Waals surface area contributed by atoms with Crippen molar-refractivity contribution >= 4 is 56.0 Å². The standard InChI is InChI=1S/C23H14ClIN2O/c24-15-10-11-26-23(12-15)27-21-7-2-1-6-19(21)20-9-8-18(14-22(20)27)28-17-5-3-4-16(25)13-17/h1-14H. The van der Waals surface area contributed by atoms with Gasteiger partial charge in [0, 0.05) is 37.7 Å². The van der Waals surface area contributed by atoms with Crippen LogP contribution in [0.25, 0.3) is 27.6 Å². The molecule has 2 aromatic heterocycles. The van der Waals surface area contributed by atoms with Gasteiger partial charge in [0.1, 0.15) is 17.3 Å². The minimum Gasteiger partial charge on any atom is -0.457 e. The molecule has 3 aromatic carbocycles. The predicted octanol–water partition coefficient (Wildman–Crippen LogP) is 7.23. The van der Waals surface area contributed by atoms with Crippen molar-refractivity contribution in [3.05, 3.63) is 93.7 Å². The van der Waals surface area contributed by atoms with Crippen molar-refractivity contribution in [2.24, 2.45) is 0 Å². The summed E-state index contributed by atoms with van der Waals surface area (Å²) in [6, 6.07) is 26.1. The maximum atomic E-state index is 6.24. The van der Waals surface area contributed by atoms with Gasteiger partial charge >= 0.3 is 0 Å². The highest BCUT2D eigenvalue weighted by molar-refractivity contribution is 14.1. The minimum atomic E-state index is 0.655. The largest absolute Gasteiger partial charge is 0.457 e. The summed E-state index contributed by atoms with van der Waals surface area (Å²) in [6.45, 7) is 0. The molecule has 0 aliphatic heterocycles. The van der Waals surface area contributed by atoms with Crippen LogP contribution in [0, 0.1) is 3.57 Å². The van der Waals surface area contributed by atoms with Gasteiger partial charge in [-0.1, -0.05) is 35.9 Å². The number of fused-ring (bicyclic) bond motifs is 3. The molecule has 0 bridgehead atoms. The van der Waals surface area contributed by atoms with Crippen molar-refractivity contribution in [1.29, 1.82) is 0 Å². The summed E-state index contributed by atoms with van der Waals surface area (Å²) in [5.41, 5.74) is 2.11. The summed E-state index contributed by atoms with van der Waals surface area (Å²) < 4.78 is 9.37. The van der Waals surface area contributed by atoms with Crippen molar-refractivity contribution in [3.63, 3.8) is 0 Å². The van der Waals surface area contributed by atoms with Gasteiger partial charge in [0.2, 0.25) is 0 Å².